The third-order valence-corrected chi connectivity index (χ3v) is 6.12. The summed E-state index contributed by atoms with van der Waals surface area (Å²) in [6.07, 6.45) is 7.13. The van der Waals surface area contributed by atoms with Gasteiger partial charge >= 0.3 is 0 Å². The number of pyridine rings is 1. The van der Waals surface area contributed by atoms with E-state index in [2.05, 4.69) is 26.2 Å². The van der Waals surface area contributed by atoms with Gasteiger partial charge in [0.2, 0.25) is 10.0 Å². The zero-order valence-electron chi connectivity index (χ0n) is 11.1. The minimum atomic E-state index is -3.45. The van der Waals surface area contributed by atoms with Crippen LogP contribution in [0.25, 0.3) is 0 Å². The maximum absolute atomic E-state index is 12.8. The summed E-state index contributed by atoms with van der Waals surface area (Å²) in [5.41, 5.74) is 0. The largest absolute Gasteiger partial charge is 0.313 e. The Hall–Kier alpha value is -0.500. The molecule has 0 bridgehead atoms. The summed E-state index contributed by atoms with van der Waals surface area (Å²) in [5.74, 6) is 0. The van der Waals surface area contributed by atoms with E-state index in [9.17, 15) is 8.42 Å². The predicted molar refractivity (Wildman–Crippen MR) is 79.9 cm³/mol. The number of rotatable bonds is 5. The molecule has 2 fully saturated rings. The van der Waals surface area contributed by atoms with Crippen molar-refractivity contribution in [2.24, 2.45) is 0 Å². The number of hydrogen-bond acceptors (Lipinski definition) is 4. The molecular formula is C13H18BrN3O2S. The third kappa shape index (κ3) is 3.05. The highest BCUT2D eigenvalue weighted by atomic mass is 79.9. The molecule has 2 heterocycles. The number of hydrogen-bond donors (Lipinski definition) is 1. The molecule has 20 heavy (non-hydrogen) atoms. The van der Waals surface area contributed by atoms with Gasteiger partial charge in [-0.15, -0.1) is 0 Å². The van der Waals surface area contributed by atoms with Crippen molar-refractivity contribution < 1.29 is 8.42 Å². The van der Waals surface area contributed by atoms with Crippen LogP contribution in [-0.4, -0.2) is 42.9 Å². The summed E-state index contributed by atoms with van der Waals surface area (Å²) in [7, 11) is -3.45. The lowest BCUT2D eigenvalue weighted by atomic mass is 10.2. The molecule has 3 rings (SSSR count). The van der Waals surface area contributed by atoms with Gasteiger partial charge in [-0.3, -0.25) is 4.98 Å². The van der Waals surface area contributed by atoms with Crippen LogP contribution in [0.15, 0.2) is 27.8 Å². The van der Waals surface area contributed by atoms with Crippen LogP contribution >= 0.6 is 15.9 Å². The Morgan fingerprint density at radius 1 is 1.35 bits per heavy atom. The standard InChI is InChI=1S/C13H18BrN3O2S/c14-10-6-13(8-15-7-10)20(18,19)17(12-3-4-12)9-11-2-1-5-16-11/h6-8,11-12,16H,1-5,9H2. The molecule has 2 aliphatic rings. The zero-order chi connectivity index (χ0) is 14.2. The van der Waals surface area contributed by atoms with Gasteiger partial charge in [0.25, 0.3) is 0 Å². The molecule has 1 N–H and O–H groups in total. The van der Waals surface area contributed by atoms with Crippen LogP contribution in [0.2, 0.25) is 0 Å². The fourth-order valence-electron chi connectivity index (χ4n) is 2.60. The topological polar surface area (TPSA) is 62.3 Å². The third-order valence-electron chi connectivity index (χ3n) is 3.80. The first-order valence-corrected chi connectivity index (χ1v) is 9.16. The Balaban J connectivity index is 1.85. The molecule has 1 aliphatic heterocycles. The van der Waals surface area contributed by atoms with Gasteiger partial charge in [0.05, 0.1) is 0 Å². The molecule has 1 atom stereocenters. The van der Waals surface area contributed by atoms with Crippen molar-refractivity contribution in [1.82, 2.24) is 14.6 Å². The van der Waals surface area contributed by atoms with Gasteiger partial charge in [-0.1, -0.05) is 0 Å². The van der Waals surface area contributed by atoms with Gasteiger partial charge in [-0.05, 0) is 54.2 Å². The van der Waals surface area contributed by atoms with E-state index < -0.39 is 10.0 Å². The molecule has 1 aromatic rings. The first-order chi connectivity index (χ1) is 9.57. The summed E-state index contributed by atoms with van der Waals surface area (Å²) in [4.78, 5) is 4.25. The Bertz CT molecular complexity index is 583. The van der Waals surface area contributed by atoms with E-state index in [0.717, 1.165) is 32.2 Å². The van der Waals surface area contributed by atoms with Crippen LogP contribution in [0, 0.1) is 0 Å². The molecule has 110 valence electrons. The van der Waals surface area contributed by atoms with Crippen molar-refractivity contribution in [3.63, 3.8) is 0 Å². The highest BCUT2D eigenvalue weighted by Gasteiger charge is 2.39. The smallest absolute Gasteiger partial charge is 0.244 e. The predicted octanol–water partition coefficient (Wildman–Crippen LogP) is 1.75. The minimum absolute atomic E-state index is 0.168. The number of nitrogens with zero attached hydrogens (tertiary/aromatic N) is 2. The molecule has 1 aliphatic carbocycles. The molecule has 7 heteroatoms. The maximum atomic E-state index is 12.8. The molecule has 0 amide bonds. The summed E-state index contributed by atoms with van der Waals surface area (Å²) in [5, 5.41) is 3.37. The van der Waals surface area contributed by atoms with Gasteiger partial charge in [-0.2, -0.15) is 4.31 Å². The second-order valence-corrected chi connectivity index (χ2v) is 8.24. The molecule has 1 aromatic heterocycles. The number of halogens is 1. The summed E-state index contributed by atoms with van der Waals surface area (Å²) >= 11 is 3.29. The highest BCUT2D eigenvalue weighted by molar-refractivity contribution is 9.10. The summed E-state index contributed by atoms with van der Waals surface area (Å²) in [6, 6.07) is 2.08. The van der Waals surface area contributed by atoms with Crippen LogP contribution in [-0.2, 0) is 10.0 Å². The van der Waals surface area contributed by atoms with E-state index in [1.165, 1.54) is 6.20 Å². The van der Waals surface area contributed by atoms with E-state index in [4.69, 9.17) is 0 Å². The van der Waals surface area contributed by atoms with Gasteiger partial charge < -0.3 is 5.32 Å². The molecule has 0 aromatic carbocycles. The van der Waals surface area contributed by atoms with Crippen LogP contribution in [0.5, 0.6) is 0 Å². The van der Waals surface area contributed by atoms with Crippen LogP contribution in [0.3, 0.4) is 0 Å². The van der Waals surface area contributed by atoms with E-state index in [1.54, 1.807) is 16.6 Å². The normalized spacial score (nSPS) is 23.4. The summed E-state index contributed by atoms with van der Waals surface area (Å²) in [6.45, 7) is 1.56. The van der Waals surface area contributed by atoms with E-state index in [-0.39, 0.29) is 17.0 Å². The molecule has 0 spiro atoms. The van der Waals surface area contributed by atoms with Crippen LogP contribution in [0.1, 0.15) is 25.7 Å². The Morgan fingerprint density at radius 2 is 2.15 bits per heavy atom. The second kappa shape index (κ2) is 5.71. The van der Waals surface area contributed by atoms with Crippen molar-refractivity contribution in [3.05, 3.63) is 22.9 Å². The van der Waals surface area contributed by atoms with Gasteiger partial charge in [-0.25, -0.2) is 8.42 Å². The van der Waals surface area contributed by atoms with Crippen molar-refractivity contribution >= 4 is 26.0 Å². The quantitative estimate of drug-likeness (QED) is 0.869. The number of sulfonamides is 1. The SMILES string of the molecule is O=S(=O)(c1cncc(Br)c1)N(CC1CCCN1)C1CC1. The van der Waals surface area contributed by atoms with Crippen LogP contribution in [0.4, 0.5) is 0 Å². The van der Waals surface area contributed by atoms with Crippen molar-refractivity contribution in [2.45, 2.75) is 42.7 Å². The molecule has 0 radical (unpaired) electrons. The van der Waals surface area contributed by atoms with Crippen molar-refractivity contribution in [1.29, 1.82) is 0 Å². The number of nitrogens with one attached hydrogen (secondary N) is 1. The average molecular weight is 360 g/mol. The second-order valence-electron chi connectivity index (χ2n) is 5.44. The summed E-state index contributed by atoms with van der Waals surface area (Å²) < 4.78 is 27.9. The van der Waals surface area contributed by atoms with Gasteiger partial charge in [0.1, 0.15) is 4.90 Å². The molecule has 5 nitrogen and oxygen atoms in total. The van der Waals surface area contributed by atoms with Crippen LogP contribution < -0.4 is 5.32 Å². The van der Waals surface area contributed by atoms with Gasteiger partial charge in [0.15, 0.2) is 0 Å². The fourth-order valence-corrected chi connectivity index (χ4v) is 4.84. The Morgan fingerprint density at radius 3 is 2.75 bits per heavy atom. The monoisotopic (exact) mass is 359 g/mol. The first kappa shape index (κ1) is 14.4. The van der Waals surface area contributed by atoms with Crippen molar-refractivity contribution in [2.75, 3.05) is 13.1 Å². The van der Waals surface area contributed by atoms with E-state index >= 15 is 0 Å². The average Bonchev–Trinajstić information content (AvgIpc) is 3.12. The lowest BCUT2D eigenvalue weighted by molar-refractivity contribution is 0.362. The first-order valence-electron chi connectivity index (χ1n) is 6.93. The Labute approximate surface area is 127 Å². The van der Waals surface area contributed by atoms with Crippen molar-refractivity contribution in [3.8, 4) is 0 Å². The molecular weight excluding hydrogens is 342 g/mol. The zero-order valence-corrected chi connectivity index (χ0v) is 13.5. The van der Waals surface area contributed by atoms with E-state index in [1.807, 2.05) is 0 Å². The minimum Gasteiger partial charge on any atom is -0.313 e. The molecule has 1 saturated heterocycles. The van der Waals surface area contributed by atoms with E-state index in [0.29, 0.717) is 11.0 Å². The van der Waals surface area contributed by atoms with Gasteiger partial charge in [0, 0.05) is 35.5 Å². The molecule has 1 saturated carbocycles. The fraction of sp³-hybridized carbons (Fsp3) is 0.615. The Kier molecular flexibility index (Phi) is 4.12. The lowest BCUT2D eigenvalue weighted by Crippen LogP contribution is -2.42. The number of aromatic nitrogens is 1. The molecule has 1 unspecified atom stereocenters. The maximum Gasteiger partial charge on any atom is 0.244 e. The lowest BCUT2D eigenvalue weighted by Gasteiger charge is -2.25. The highest BCUT2D eigenvalue weighted by Crippen LogP contribution is 2.33.